The summed E-state index contributed by atoms with van der Waals surface area (Å²) in [6.45, 7) is 2.07. The molecule has 1 rings (SSSR count). The molecule has 0 radical (unpaired) electrons. The van der Waals surface area contributed by atoms with Crippen LogP contribution in [0.25, 0.3) is 0 Å². The lowest BCUT2D eigenvalue weighted by molar-refractivity contribution is -0.136. The van der Waals surface area contributed by atoms with Crippen molar-refractivity contribution in [3.05, 3.63) is 35.4 Å². The Morgan fingerprint density at radius 1 is 1.29 bits per heavy atom. The molecule has 0 bridgehead atoms. The molecule has 0 saturated carbocycles. The standard InChI is InChI=1S/C13H18O3S/c1-2-3-8-17(16)10-12-7-5-4-6-11(12)9-13(14)15/h4-7H,2-3,8-10H2,1H3,(H,14,15). The maximum Gasteiger partial charge on any atom is 0.307 e. The summed E-state index contributed by atoms with van der Waals surface area (Å²) in [6, 6.07) is 7.33. The lowest BCUT2D eigenvalue weighted by atomic mass is 10.1. The zero-order chi connectivity index (χ0) is 12.7. The van der Waals surface area contributed by atoms with Crippen molar-refractivity contribution in [1.29, 1.82) is 0 Å². The normalized spacial score (nSPS) is 12.3. The molecule has 0 heterocycles. The second-order valence-electron chi connectivity index (χ2n) is 3.98. The van der Waals surface area contributed by atoms with Crippen LogP contribution in [0.1, 0.15) is 30.9 Å². The fourth-order valence-corrected chi connectivity index (χ4v) is 2.97. The minimum absolute atomic E-state index is 0.00114. The quantitative estimate of drug-likeness (QED) is 0.812. The average Bonchev–Trinajstić information content (AvgIpc) is 2.28. The van der Waals surface area contributed by atoms with E-state index in [0.717, 1.165) is 24.0 Å². The largest absolute Gasteiger partial charge is 0.481 e. The summed E-state index contributed by atoms with van der Waals surface area (Å²) < 4.78 is 11.8. The average molecular weight is 254 g/mol. The first-order chi connectivity index (χ1) is 8.13. The van der Waals surface area contributed by atoms with Gasteiger partial charge in [-0.15, -0.1) is 0 Å². The van der Waals surface area contributed by atoms with Gasteiger partial charge in [-0.25, -0.2) is 0 Å². The van der Waals surface area contributed by atoms with Gasteiger partial charge < -0.3 is 5.11 Å². The Hall–Kier alpha value is -1.16. The first-order valence-corrected chi connectivity index (χ1v) is 7.25. The molecule has 1 atom stereocenters. The Morgan fingerprint density at radius 2 is 1.94 bits per heavy atom. The van der Waals surface area contributed by atoms with Crippen molar-refractivity contribution in [2.45, 2.75) is 31.9 Å². The molecule has 1 aromatic carbocycles. The van der Waals surface area contributed by atoms with E-state index in [4.69, 9.17) is 5.11 Å². The third-order valence-corrected chi connectivity index (χ3v) is 3.88. The number of carboxylic acids is 1. The van der Waals surface area contributed by atoms with Crippen molar-refractivity contribution in [1.82, 2.24) is 0 Å². The van der Waals surface area contributed by atoms with Crippen molar-refractivity contribution >= 4 is 16.8 Å². The van der Waals surface area contributed by atoms with Crippen LogP contribution in [0.15, 0.2) is 24.3 Å². The van der Waals surface area contributed by atoms with Gasteiger partial charge in [-0.2, -0.15) is 0 Å². The highest BCUT2D eigenvalue weighted by Gasteiger charge is 2.08. The molecule has 0 aliphatic carbocycles. The van der Waals surface area contributed by atoms with Crippen LogP contribution in [0.3, 0.4) is 0 Å². The van der Waals surface area contributed by atoms with Gasteiger partial charge in [0.25, 0.3) is 0 Å². The number of carboxylic acid groups (broad SMARTS) is 1. The third kappa shape index (κ3) is 5.13. The minimum atomic E-state index is -0.889. The minimum Gasteiger partial charge on any atom is -0.481 e. The van der Waals surface area contributed by atoms with E-state index < -0.39 is 16.8 Å². The molecular weight excluding hydrogens is 236 g/mol. The molecule has 94 valence electrons. The Labute approximate surface area is 104 Å². The van der Waals surface area contributed by atoms with Crippen molar-refractivity contribution in [2.24, 2.45) is 0 Å². The fraction of sp³-hybridized carbons (Fsp3) is 0.462. The Morgan fingerprint density at radius 3 is 2.53 bits per heavy atom. The molecule has 0 aromatic heterocycles. The van der Waals surface area contributed by atoms with Crippen LogP contribution in [0.5, 0.6) is 0 Å². The molecule has 0 aliphatic rings. The fourth-order valence-electron chi connectivity index (χ4n) is 1.58. The second kappa shape index (κ2) is 7.22. The van der Waals surface area contributed by atoms with Gasteiger partial charge in [0.05, 0.1) is 6.42 Å². The van der Waals surface area contributed by atoms with Crippen LogP contribution in [0.2, 0.25) is 0 Å². The van der Waals surface area contributed by atoms with E-state index >= 15 is 0 Å². The summed E-state index contributed by atoms with van der Waals surface area (Å²) in [5.74, 6) is 0.304. The first kappa shape index (κ1) is 13.9. The number of carbonyl (C=O) groups is 1. The van der Waals surface area contributed by atoms with E-state index in [1.807, 2.05) is 18.2 Å². The summed E-state index contributed by atoms with van der Waals surface area (Å²) in [5, 5.41) is 8.79. The predicted octanol–water partition coefficient (Wildman–Crippen LogP) is 2.36. The summed E-state index contributed by atoms with van der Waals surface area (Å²) in [6.07, 6.45) is 1.98. The zero-order valence-corrected chi connectivity index (χ0v) is 10.8. The third-order valence-electron chi connectivity index (χ3n) is 2.50. The first-order valence-electron chi connectivity index (χ1n) is 5.77. The van der Waals surface area contributed by atoms with E-state index in [0.29, 0.717) is 11.5 Å². The Balaban J connectivity index is 2.69. The number of rotatable bonds is 7. The highest BCUT2D eigenvalue weighted by Crippen LogP contribution is 2.12. The van der Waals surface area contributed by atoms with Crippen molar-refractivity contribution in [2.75, 3.05) is 5.75 Å². The highest BCUT2D eigenvalue weighted by atomic mass is 32.2. The molecule has 0 spiro atoms. The molecular formula is C13H18O3S. The molecule has 17 heavy (non-hydrogen) atoms. The molecule has 0 saturated heterocycles. The van der Waals surface area contributed by atoms with E-state index in [-0.39, 0.29) is 6.42 Å². The lowest BCUT2D eigenvalue weighted by Crippen LogP contribution is -2.07. The topological polar surface area (TPSA) is 54.4 Å². The molecule has 0 amide bonds. The molecule has 1 aromatic rings. The van der Waals surface area contributed by atoms with E-state index in [2.05, 4.69) is 6.92 Å². The molecule has 1 N–H and O–H groups in total. The van der Waals surface area contributed by atoms with Gasteiger partial charge in [0.1, 0.15) is 0 Å². The van der Waals surface area contributed by atoms with Gasteiger partial charge in [0, 0.05) is 22.3 Å². The summed E-state index contributed by atoms with van der Waals surface area (Å²) >= 11 is 0. The summed E-state index contributed by atoms with van der Waals surface area (Å²) in [4.78, 5) is 10.7. The number of aliphatic carboxylic acids is 1. The molecule has 3 nitrogen and oxygen atoms in total. The van der Waals surface area contributed by atoms with Crippen LogP contribution in [-0.4, -0.2) is 21.0 Å². The number of unbranched alkanes of at least 4 members (excludes halogenated alkanes) is 1. The maximum absolute atomic E-state index is 11.8. The van der Waals surface area contributed by atoms with Gasteiger partial charge in [0.2, 0.25) is 0 Å². The van der Waals surface area contributed by atoms with Crippen LogP contribution in [0, 0.1) is 0 Å². The SMILES string of the molecule is CCCCS(=O)Cc1ccccc1CC(=O)O. The van der Waals surface area contributed by atoms with Gasteiger partial charge in [-0.05, 0) is 17.5 Å². The van der Waals surface area contributed by atoms with Crippen molar-refractivity contribution in [3.63, 3.8) is 0 Å². The zero-order valence-electron chi connectivity index (χ0n) is 10.0. The van der Waals surface area contributed by atoms with E-state index in [1.54, 1.807) is 6.07 Å². The highest BCUT2D eigenvalue weighted by molar-refractivity contribution is 7.84. The summed E-state index contributed by atoms with van der Waals surface area (Å²) in [5.41, 5.74) is 1.66. The Bertz CT molecular complexity index is 401. The van der Waals surface area contributed by atoms with Gasteiger partial charge >= 0.3 is 5.97 Å². The Kier molecular flexibility index (Phi) is 5.91. The lowest BCUT2D eigenvalue weighted by Gasteiger charge is -2.07. The molecule has 0 aliphatic heterocycles. The number of hydrogen-bond donors (Lipinski definition) is 1. The van der Waals surface area contributed by atoms with Gasteiger partial charge in [-0.3, -0.25) is 9.00 Å². The summed E-state index contributed by atoms with van der Waals surface area (Å²) in [7, 11) is -0.889. The van der Waals surface area contributed by atoms with Crippen LogP contribution < -0.4 is 0 Å². The predicted molar refractivity (Wildman–Crippen MR) is 69.4 cm³/mol. The molecule has 1 unspecified atom stereocenters. The number of hydrogen-bond acceptors (Lipinski definition) is 2. The van der Waals surface area contributed by atoms with Crippen molar-refractivity contribution in [3.8, 4) is 0 Å². The van der Waals surface area contributed by atoms with Crippen LogP contribution in [0.4, 0.5) is 0 Å². The maximum atomic E-state index is 11.8. The van der Waals surface area contributed by atoms with E-state index in [9.17, 15) is 9.00 Å². The molecule has 4 heteroatoms. The smallest absolute Gasteiger partial charge is 0.307 e. The van der Waals surface area contributed by atoms with E-state index in [1.165, 1.54) is 0 Å². The van der Waals surface area contributed by atoms with Crippen molar-refractivity contribution < 1.29 is 14.1 Å². The molecule has 0 fully saturated rings. The van der Waals surface area contributed by atoms with Crippen LogP contribution >= 0.6 is 0 Å². The monoisotopic (exact) mass is 254 g/mol. The number of benzene rings is 1. The second-order valence-corrected chi connectivity index (χ2v) is 5.56. The van der Waals surface area contributed by atoms with Crippen LogP contribution in [-0.2, 0) is 27.8 Å². The van der Waals surface area contributed by atoms with Gasteiger partial charge in [0.15, 0.2) is 0 Å². The van der Waals surface area contributed by atoms with Gasteiger partial charge in [-0.1, -0.05) is 37.6 Å².